The van der Waals surface area contributed by atoms with E-state index in [4.69, 9.17) is 10.5 Å². The van der Waals surface area contributed by atoms with Crippen molar-refractivity contribution in [1.82, 2.24) is 5.43 Å². The lowest BCUT2D eigenvalue weighted by atomic mass is 10.1. The number of fused-ring (bicyclic) bond motifs is 1. The molecule has 0 radical (unpaired) electrons. The quantitative estimate of drug-likeness (QED) is 0.833. The number of carbonyl (C=O) groups excluding carboxylic acids is 1. The second-order valence-electron chi connectivity index (χ2n) is 4.77. The maximum atomic E-state index is 12.4. The zero-order valence-corrected chi connectivity index (χ0v) is 11.7. The van der Waals surface area contributed by atoms with Crippen LogP contribution in [0.4, 0.5) is 0 Å². The molecule has 1 heterocycles. The van der Waals surface area contributed by atoms with E-state index < -0.39 is 0 Å². The zero-order chi connectivity index (χ0) is 14.8. The van der Waals surface area contributed by atoms with Crippen LogP contribution in [-0.4, -0.2) is 23.5 Å². The van der Waals surface area contributed by atoms with Crippen LogP contribution in [0.15, 0.2) is 48.5 Å². The van der Waals surface area contributed by atoms with Gasteiger partial charge in [-0.1, -0.05) is 30.3 Å². The molecule has 1 aliphatic rings. The maximum Gasteiger partial charge on any atom is 0.299 e. The van der Waals surface area contributed by atoms with Crippen molar-refractivity contribution >= 4 is 11.7 Å². The Hall–Kier alpha value is -2.82. The minimum atomic E-state index is -0.247. The van der Waals surface area contributed by atoms with Crippen molar-refractivity contribution in [3.05, 3.63) is 65.2 Å². The van der Waals surface area contributed by atoms with Crippen molar-refractivity contribution in [2.24, 2.45) is 5.73 Å². The van der Waals surface area contributed by atoms with Crippen molar-refractivity contribution in [2.75, 3.05) is 7.11 Å². The number of benzene rings is 2. The fourth-order valence-corrected chi connectivity index (χ4v) is 2.42. The molecule has 2 aromatic rings. The van der Waals surface area contributed by atoms with Crippen LogP contribution in [0.3, 0.4) is 0 Å². The number of nitrogens with zero attached hydrogens (tertiary/aromatic N) is 1. The average molecular weight is 282 g/mol. The molecule has 0 fully saturated rings. The second kappa shape index (κ2) is 5.28. The Morgan fingerprint density at radius 3 is 2.67 bits per heavy atom. The standard InChI is InChI=1S/C16H15N3O2/c1-21-14-9-5-4-8-13(14)16(20)18-19-10-11-6-2-3-7-12(11)15(19)17/h2-9,17H,10H2,1H3,(H,18,20)/p+1. The van der Waals surface area contributed by atoms with Crippen LogP contribution in [0.5, 0.6) is 5.75 Å². The molecule has 0 bridgehead atoms. The number of hydrogen-bond acceptors (Lipinski definition) is 3. The van der Waals surface area contributed by atoms with Gasteiger partial charge in [-0.15, -0.1) is 0 Å². The van der Waals surface area contributed by atoms with E-state index in [1.165, 1.54) is 7.11 Å². The lowest BCUT2D eigenvalue weighted by Gasteiger charge is -2.08. The van der Waals surface area contributed by atoms with E-state index in [9.17, 15) is 4.79 Å². The van der Waals surface area contributed by atoms with Gasteiger partial charge < -0.3 is 4.74 Å². The zero-order valence-electron chi connectivity index (χ0n) is 11.7. The molecule has 0 spiro atoms. The number of hydrazone groups is 1. The Balaban J connectivity index is 1.85. The van der Waals surface area contributed by atoms with E-state index in [0.29, 0.717) is 23.7 Å². The largest absolute Gasteiger partial charge is 0.496 e. The summed E-state index contributed by atoms with van der Waals surface area (Å²) in [4.78, 5) is 12.4. The van der Waals surface area contributed by atoms with Gasteiger partial charge in [0.05, 0.1) is 18.2 Å². The molecule has 0 saturated carbocycles. The number of para-hydroxylation sites is 1. The van der Waals surface area contributed by atoms with Crippen molar-refractivity contribution in [3.8, 4) is 5.75 Å². The van der Waals surface area contributed by atoms with Gasteiger partial charge in [-0.2, -0.15) is 10.1 Å². The molecule has 3 rings (SSSR count). The number of amides is 1. The van der Waals surface area contributed by atoms with Crippen LogP contribution in [0.1, 0.15) is 21.5 Å². The highest BCUT2D eigenvalue weighted by atomic mass is 16.5. The topological polar surface area (TPSA) is 67.4 Å². The van der Waals surface area contributed by atoms with Crippen LogP contribution in [0.2, 0.25) is 0 Å². The summed E-state index contributed by atoms with van der Waals surface area (Å²) in [5, 5.41) is 0. The smallest absolute Gasteiger partial charge is 0.299 e. The van der Waals surface area contributed by atoms with Gasteiger partial charge in [-0.05, 0) is 18.2 Å². The molecule has 1 amide bonds. The van der Waals surface area contributed by atoms with Crippen molar-refractivity contribution in [2.45, 2.75) is 6.54 Å². The summed E-state index contributed by atoms with van der Waals surface area (Å²) in [5.74, 6) is 0.835. The van der Waals surface area contributed by atoms with Gasteiger partial charge in [-0.3, -0.25) is 10.5 Å². The first-order valence-electron chi connectivity index (χ1n) is 6.63. The first-order valence-corrected chi connectivity index (χ1v) is 6.63. The first kappa shape index (κ1) is 13.2. The third-order valence-electron chi connectivity index (χ3n) is 3.50. The Morgan fingerprint density at radius 1 is 1.19 bits per heavy atom. The summed E-state index contributed by atoms with van der Waals surface area (Å²) in [5.41, 5.74) is 11.4. The molecule has 0 atom stereocenters. The van der Waals surface area contributed by atoms with Gasteiger partial charge in [0.15, 0.2) is 0 Å². The number of nitrogens with one attached hydrogen (secondary N) is 1. The molecule has 0 unspecified atom stereocenters. The Kier molecular flexibility index (Phi) is 3.31. The number of hydrazine groups is 1. The van der Waals surface area contributed by atoms with Crippen LogP contribution in [0, 0.1) is 0 Å². The summed E-state index contributed by atoms with van der Waals surface area (Å²) >= 11 is 0. The van der Waals surface area contributed by atoms with E-state index >= 15 is 0 Å². The molecule has 21 heavy (non-hydrogen) atoms. The number of amidine groups is 1. The first-order chi connectivity index (χ1) is 10.2. The second-order valence-corrected chi connectivity index (χ2v) is 4.77. The van der Waals surface area contributed by atoms with Crippen molar-refractivity contribution in [3.63, 3.8) is 0 Å². The van der Waals surface area contributed by atoms with Crippen molar-refractivity contribution < 1.29 is 14.2 Å². The van der Waals surface area contributed by atoms with Gasteiger partial charge >= 0.3 is 0 Å². The Labute approximate surface area is 122 Å². The summed E-state index contributed by atoms with van der Waals surface area (Å²) in [6.45, 7) is 0.558. The monoisotopic (exact) mass is 282 g/mol. The van der Waals surface area contributed by atoms with Gasteiger partial charge in [0.25, 0.3) is 11.7 Å². The molecule has 1 aliphatic heterocycles. The lowest BCUT2D eigenvalue weighted by Crippen LogP contribution is -2.38. The summed E-state index contributed by atoms with van der Waals surface area (Å²) in [6.07, 6.45) is 0. The minimum absolute atomic E-state index is 0.247. The molecule has 0 aromatic heterocycles. The van der Waals surface area contributed by atoms with Crippen LogP contribution >= 0.6 is 0 Å². The molecule has 106 valence electrons. The van der Waals surface area contributed by atoms with Crippen LogP contribution in [0.25, 0.3) is 0 Å². The third-order valence-corrected chi connectivity index (χ3v) is 3.50. The molecule has 2 aromatic carbocycles. The van der Waals surface area contributed by atoms with E-state index in [1.807, 2.05) is 30.3 Å². The van der Waals surface area contributed by atoms with Crippen molar-refractivity contribution in [1.29, 1.82) is 0 Å². The Morgan fingerprint density at radius 2 is 1.90 bits per heavy atom. The van der Waals surface area contributed by atoms with Gasteiger partial charge in [0, 0.05) is 5.56 Å². The predicted octanol–water partition coefficient (Wildman–Crippen LogP) is 1.27. The highest BCUT2D eigenvalue weighted by Crippen LogP contribution is 2.18. The fraction of sp³-hybridized carbons (Fsp3) is 0.125. The van der Waals surface area contributed by atoms with Gasteiger partial charge in [0.1, 0.15) is 12.3 Å². The minimum Gasteiger partial charge on any atom is -0.496 e. The molecule has 5 heteroatoms. The predicted molar refractivity (Wildman–Crippen MR) is 79.2 cm³/mol. The van der Waals surface area contributed by atoms with Gasteiger partial charge in [-0.25, -0.2) is 0 Å². The van der Waals surface area contributed by atoms with Crippen LogP contribution < -0.4 is 15.9 Å². The highest BCUT2D eigenvalue weighted by Gasteiger charge is 2.26. The number of nitrogens with two attached hydrogens (primary N) is 1. The van der Waals surface area contributed by atoms with E-state index in [-0.39, 0.29) is 5.91 Å². The molecular weight excluding hydrogens is 266 g/mol. The molecule has 5 nitrogen and oxygen atoms in total. The summed E-state index contributed by atoms with van der Waals surface area (Å²) in [6, 6.07) is 14.9. The molecule has 0 saturated heterocycles. The molecule has 0 aliphatic carbocycles. The average Bonchev–Trinajstić information content (AvgIpc) is 2.84. The molecular formula is C16H16N3O2+. The highest BCUT2D eigenvalue weighted by molar-refractivity contribution is 5.99. The van der Waals surface area contributed by atoms with E-state index in [2.05, 4.69) is 5.43 Å². The number of hydrogen-bond donors (Lipinski definition) is 2. The third kappa shape index (κ3) is 2.33. The summed E-state index contributed by atoms with van der Waals surface area (Å²) in [7, 11) is 1.54. The number of ether oxygens (including phenoxy) is 1. The van der Waals surface area contributed by atoms with E-state index in [1.54, 1.807) is 22.9 Å². The number of rotatable bonds is 3. The summed E-state index contributed by atoms with van der Waals surface area (Å²) < 4.78 is 6.85. The number of methoxy groups -OCH3 is 1. The SMILES string of the molecule is COc1ccccc1C(=O)N[N+]1=C(N)c2ccccc2C1. The van der Waals surface area contributed by atoms with E-state index in [0.717, 1.165) is 11.1 Å². The lowest BCUT2D eigenvalue weighted by molar-refractivity contribution is -0.584. The van der Waals surface area contributed by atoms with Crippen LogP contribution in [-0.2, 0) is 6.54 Å². The molecule has 3 N–H and O–H groups in total. The maximum absolute atomic E-state index is 12.4. The normalized spacial score (nSPS) is 13.0. The number of carbonyl (C=O) groups is 1. The fourth-order valence-electron chi connectivity index (χ4n) is 2.42. The Bertz CT molecular complexity index is 738. The van der Waals surface area contributed by atoms with Gasteiger partial charge in [0.2, 0.25) is 0 Å².